The minimum Gasteiger partial charge on any atom is -0.399 e. The molecule has 0 radical (unpaired) electrons. The molecule has 0 bridgehead atoms. The van der Waals surface area contributed by atoms with Crippen molar-refractivity contribution in [1.29, 1.82) is 0 Å². The van der Waals surface area contributed by atoms with Crippen LogP contribution in [0.1, 0.15) is 5.56 Å². The third-order valence-corrected chi connectivity index (χ3v) is 2.17. The van der Waals surface area contributed by atoms with Crippen LogP contribution in [0.5, 0.6) is 0 Å². The van der Waals surface area contributed by atoms with Crippen molar-refractivity contribution in [2.24, 2.45) is 7.05 Å². The number of hydrogen-bond acceptors (Lipinski definition) is 3. The van der Waals surface area contributed by atoms with Crippen LogP contribution < -0.4 is 11.4 Å². The molecule has 5 heteroatoms. The summed E-state index contributed by atoms with van der Waals surface area (Å²) in [5, 5.41) is 3.97. The number of nitrogen functional groups attached to an aromatic ring is 1. The number of rotatable bonds is 2. The van der Waals surface area contributed by atoms with Gasteiger partial charge in [-0.05, 0) is 17.7 Å². The van der Waals surface area contributed by atoms with Crippen molar-refractivity contribution in [1.82, 2.24) is 14.3 Å². The third-order valence-electron chi connectivity index (χ3n) is 2.17. The van der Waals surface area contributed by atoms with Gasteiger partial charge < -0.3 is 5.73 Å². The number of nitrogens with two attached hydrogens (primary N) is 1. The van der Waals surface area contributed by atoms with E-state index in [0.29, 0.717) is 12.2 Å². The highest BCUT2D eigenvalue weighted by Crippen LogP contribution is 2.06. The molecule has 15 heavy (non-hydrogen) atoms. The van der Waals surface area contributed by atoms with Gasteiger partial charge in [0, 0.05) is 12.7 Å². The van der Waals surface area contributed by atoms with Gasteiger partial charge in [-0.2, -0.15) is 5.10 Å². The Morgan fingerprint density at radius 1 is 1.47 bits per heavy atom. The second-order valence-electron chi connectivity index (χ2n) is 3.43. The van der Waals surface area contributed by atoms with Crippen molar-refractivity contribution in [3.63, 3.8) is 0 Å². The van der Waals surface area contributed by atoms with E-state index in [0.717, 1.165) is 5.56 Å². The quantitative estimate of drug-likeness (QED) is 0.711. The molecular formula is C10H12N4O. The number of benzene rings is 1. The minimum absolute atomic E-state index is 0.127. The summed E-state index contributed by atoms with van der Waals surface area (Å²) in [6.45, 7) is 0.449. The van der Waals surface area contributed by atoms with Crippen LogP contribution in [0, 0.1) is 0 Å². The van der Waals surface area contributed by atoms with Crippen molar-refractivity contribution in [3.05, 3.63) is 46.6 Å². The van der Waals surface area contributed by atoms with E-state index in [2.05, 4.69) is 5.10 Å². The Balaban J connectivity index is 2.30. The van der Waals surface area contributed by atoms with Crippen molar-refractivity contribution in [2.75, 3.05) is 5.73 Å². The zero-order valence-electron chi connectivity index (χ0n) is 8.42. The molecular weight excluding hydrogens is 192 g/mol. The molecule has 0 saturated heterocycles. The summed E-state index contributed by atoms with van der Waals surface area (Å²) in [6, 6.07) is 7.42. The summed E-state index contributed by atoms with van der Waals surface area (Å²) < 4.78 is 2.83. The van der Waals surface area contributed by atoms with Crippen LogP contribution in [0.25, 0.3) is 0 Å². The van der Waals surface area contributed by atoms with Gasteiger partial charge in [0.15, 0.2) is 0 Å². The number of anilines is 1. The van der Waals surface area contributed by atoms with E-state index in [-0.39, 0.29) is 5.69 Å². The fourth-order valence-electron chi connectivity index (χ4n) is 1.39. The molecule has 2 aromatic rings. The first-order chi connectivity index (χ1) is 7.16. The smallest absolute Gasteiger partial charge is 0.345 e. The molecule has 0 atom stereocenters. The van der Waals surface area contributed by atoms with Crippen LogP contribution in [-0.2, 0) is 13.6 Å². The molecule has 0 fully saturated rings. The normalized spacial score (nSPS) is 10.5. The average Bonchev–Trinajstić information content (AvgIpc) is 2.50. The maximum Gasteiger partial charge on any atom is 0.345 e. The van der Waals surface area contributed by atoms with Crippen LogP contribution in [0.4, 0.5) is 5.69 Å². The highest BCUT2D eigenvalue weighted by Gasteiger charge is 2.02. The number of nitrogens with zero attached hydrogens (tertiary/aromatic N) is 3. The summed E-state index contributed by atoms with van der Waals surface area (Å²) >= 11 is 0. The lowest BCUT2D eigenvalue weighted by Gasteiger charge is -2.01. The highest BCUT2D eigenvalue weighted by molar-refractivity contribution is 5.40. The molecule has 1 aromatic carbocycles. The topological polar surface area (TPSA) is 65.8 Å². The molecule has 0 aliphatic rings. The van der Waals surface area contributed by atoms with Gasteiger partial charge in [-0.15, -0.1) is 0 Å². The molecule has 0 amide bonds. The number of aryl methyl sites for hydroxylation is 1. The van der Waals surface area contributed by atoms with Gasteiger partial charge in [-0.25, -0.2) is 9.48 Å². The average molecular weight is 204 g/mol. The zero-order valence-corrected chi connectivity index (χ0v) is 8.42. The second kappa shape index (κ2) is 3.61. The van der Waals surface area contributed by atoms with Crippen molar-refractivity contribution < 1.29 is 0 Å². The first-order valence-electron chi connectivity index (χ1n) is 4.59. The van der Waals surface area contributed by atoms with E-state index < -0.39 is 0 Å². The van der Waals surface area contributed by atoms with E-state index in [1.807, 2.05) is 24.3 Å². The molecule has 0 aliphatic carbocycles. The van der Waals surface area contributed by atoms with Crippen LogP contribution in [-0.4, -0.2) is 14.3 Å². The summed E-state index contributed by atoms with van der Waals surface area (Å²) in [6.07, 6.45) is 1.49. The van der Waals surface area contributed by atoms with E-state index in [1.54, 1.807) is 7.05 Å². The largest absolute Gasteiger partial charge is 0.399 e. The molecule has 5 nitrogen and oxygen atoms in total. The lowest BCUT2D eigenvalue weighted by Crippen LogP contribution is -2.23. The maximum absolute atomic E-state index is 11.5. The molecule has 2 N–H and O–H groups in total. The zero-order chi connectivity index (χ0) is 10.8. The lowest BCUT2D eigenvalue weighted by atomic mass is 10.2. The third kappa shape index (κ3) is 1.90. The second-order valence-corrected chi connectivity index (χ2v) is 3.43. The first-order valence-corrected chi connectivity index (χ1v) is 4.59. The van der Waals surface area contributed by atoms with Crippen LogP contribution in [0.3, 0.4) is 0 Å². The van der Waals surface area contributed by atoms with Crippen molar-refractivity contribution in [3.8, 4) is 0 Å². The minimum atomic E-state index is -0.127. The van der Waals surface area contributed by atoms with Crippen molar-refractivity contribution in [2.45, 2.75) is 6.54 Å². The Hall–Kier alpha value is -2.04. The van der Waals surface area contributed by atoms with Crippen LogP contribution >= 0.6 is 0 Å². The predicted octanol–water partition coefficient (Wildman–Crippen LogP) is 0.212. The van der Waals surface area contributed by atoms with Gasteiger partial charge in [0.2, 0.25) is 0 Å². The molecule has 78 valence electrons. The summed E-state index contributed by atoms with van der Waals surface area (Å²) in [7, 11) is 1.67. The Morgan fingerprint density at radius 2 is 2.27 bits per heavy atom. The molecule has 2 rings (SSSR count). The maximum atomic E-state index is 11.5. The fraction of sp³-hybridized carbons (Fsp3) is 0.200. The van der Waals surface area contributed by atoms with E-state index in [1.165, 1.54) is 15.6 Å². The molecule has 1 aromatic heterocycles. The van der Waals surface area contributed by atoms with Crippen LogP contribution in [0.2, 0.25) is 0 Å². The van der Waals surface area contributed by atoms with Gasteiger partial charge >= 0.3 is 5.69 Å². The number of aromatic nitrogens is 3. The fourth-order valence-corrected chi connectivity index (χ4v) is 1.39. The Morgan fingerprint density at radius 3 is 2.87 bits per heavy atom. The molecule has 0 unspecified atom stereocenters. The molecule has 0 saturated carbocycles. The Kier molecular flexibility index (Phi) is 2.29. The summed E-state index contributed by atoms with van der Waals surface area (Å²) in [5.74, 6) is 0. The monoisotopic (exact) mass is 204 g/mol. The van der Waals surface area contributed by atoms with E-state index >= 15 is 0 Å². The lowest BCUT2D eigenvalue weighted by molar-refractivity contribution is 0.647. The SMILES string of the molecule is Cn1cnn(Cc2cccc(N)c2)c1=O. The Bertz CT molecular complexity index is 526. The van der Waals surface area contributed by atoms with Gasteiger partial charge in [0.1, 0.15) is 6.33 Å². The van der Waals surface area contributed by atoms with Gasteiger partial charge in [-0.1, -0.05) is 12.1 Å². The number of hydrogen-bond donors (Lipinski definition) is 1. The highest BCUT2D eigenvalue weighted by atomic mass is 16.2. The van der Waals surface area contributed by atoms with Gasteiger partial charge in [0.05, 0.1) is 6.54 Å². The van der Waals surface area contributed by atoms with Gasteiger partial charge in [-0.3, -0.25) is 4.57 Å². The van der Waals surface area contributed by atoms with Gasteiger partial charge in [0.25, 0.3) is 0 Å². The summed E-state index contributed by atoms with van der Waals surface area (Å²) in [5.41, 5.74) is 7.17. The van der Waals surface area contributed by atoms with E-state index in [4.69, 9.17) is 5.73 Å². The Labute approximate surface area is 86.8 Å². The first kappa shape index (κ1) is 9.51. The van der Waals surface area contributed by atoms with Crippen LogP contribution in [0.15, 0.2) is 35.4 Å². The van der Waals surface area contributed by atoms with E-state index in [9.17, 15) is 4.79 Å². The molecule has 1 heterocycles. The standard InChI is InChI=1S/C10H12N4O/c1-13-7-12-14(10(13)15)6-8-3-2-4-9(11)5-8/h2-5,7H,6,11H2,1H3. The van der Waals surface area contributed by atoms with Crippen molar-refractivity contribution >= 4 is 5.69 Å². The molecule has 0 spiro atoms. The summed E-state index contributed by atoms with van der Waals surface area (Å²) in [4.78, 5) is 11.5. The molecule has 0 aliphatic heterocycles. The predicted molar refractivity (Wildman–Crippen MR) is 57.4 cm³/mol.